The molecule has 28 heavy (non-hydrogen) atoms. The van der Waals surface area contributed by atoms with Crippen molar-refractivity contribution in [2.75, 3.05) is 50.1 Å². The van der Waals surface area contributed by atoms with Gasteiger partial charge in [-0.25, -0.2) is 0 Å². The van der Waals surface area contributed by atoms with Gasteiger partial charge in [0, 0.05) is 50.5 Å². The molecular formula is C23H31N3O2. The van der Waals surface area contributed by atoms with Gasteiger partial charge in [0.2, 0.25) is 5.91 Å². The molecule has 150 valence electrons. The lowest BCUT2D eigenvalue weighted by molar-refractivity contribution is -0.131. The first kappa shape index (κ1) is 20.1. The molecule has 0 saturated carbocycles. The lowest BCUT2D eigenvalue weighted by atomic mass is 10.1. The molecule has 0 atom stereocenters. The van der Waals surface area contributed by atoms with Crippen molar-refractivity contribution in [1.82, 2.24) is 4.90 Å². The number of aryl methyl sites for hydroxylation is 2. The predicted octanol–water partition coefficient (Wildman–Crippen LogP) is 3.72. The van der Waals surface area contributed by atoms with E-state index in [-0.39, 0.29) is 5.91 Å². The number of ether oxygens (including phenoxy) is 1. The van der Waals surface area contributed by atoms with E-state index in [0.717, 1.165) is 38.3 Å². The zero-order valence-corrected chi connectivity index (χ0v) is 17.2. The standard InChI is InChI=1S/C23H31N3O2/c1-4-19-7-5-6-18(2)23(19)24-13-12-22(27)26-16-14-25(15-17-26)20-8-10-21(28-3)11-9-20/h5-11,24H,4,12-17H2,1-3H3. The first-order chi connectivity index (χ1) is 13.6. The maximum absolute atomic E-state index is 12.6. The van der Waals surface area contributed by atoms with Crippen LogP contribution in [-0.2, 0) is 11.2 Å². The Morgan fingerprint density at radius 3 is 2.43 bits per heavy atom. The summed E-state index contributed by atoms with van der Waals surface area (Å²) in [4.78, 5) is 16.9. The second-order valence-corrected chi connectivity index (χ2v) is 7.21. The number of para-hydroxylation sites is 1. The van der Waals surface area contributed by atoms with Gasteiger partial charge >= 0.3 is 0 Å². The highest BCUT2D eigenvalue weighted by Gasteiger charge is 2.21. The topological polar surface area (TPSA) is 44.8 Å². The quantitative estimate of drug-likeness (QED) is 0.794. The molecule has 0 aromatic heterocycles. The number of hydrogen-bond donors (Lipinski definition) is 1. The van der Waals surface area contributed by atoms with Crippen LogP contribution in [-0.4, -0.2) is 50.6 Å². The molecule has 1 saturated heterocycles. The highest BCUT2D eigenvalue weighted by molar-refractivity contribution is 5.77. The van der Waals surface area contributed by atoms with Crippen molar-refractivity contribution in [3.63, 3.8) is 0 Å². The van der Waals surface area contributed by atoms with Gasteiger partial charge in [-0.2, -0.15) is 0 Å². The third kappa shape index (κ3) is 4.77. The van der Waals surface area contributed by atoms with Crippen LogP contribution in [0.3, 0.4) is 0 Å². The second-order valence-electron chi connectivity index (χ2n) is 7.21. The molecule has 1 aliphatic rings. The molecule has 5 nitrogen and oxygen atoms in total. The van der Waals surface area contributed by atoms with Crippen molar-refractivity contribution in [2.45, 2.75) is 26.7 Å². The third-order valence-corrected chi connectivity index (χ3v) is 5.45. The molecule has 3 rings (SSSR count). The number of amides is 1. The van der Waals surface area contributed by atoms with Crippen LogP contribution in [0.15, 0.2) is 42.5 Å². The van der Waals surface area contributed by atoms with Gasteiger partial charge in [-0.1, -0.05) is 25.1 Å². The van der Waals surface area contributed by atoms with Crippen molar-refractivity contribution in [1.29, 1.82) is 0 Å². The summed E-state index contributed by atoms with van der Waals surface area (Å²) >= 11 is 0. The Hall–Kier alpha value is -2.69. The number of methoxy groups -OCH3 is 1. The zero-order valence-electron chi connectivity index (χ0n) is 17.2. The number of rotatable bonds is 7. The molecule has 5 heteroatoms. The van der Waals surface area contributed by atoms with Gasteiger partial charge in [-0.15, -0.1) is 0 Å². The van der Waals surface area contributed by atoms with Crippen molar-refractivity contribution in [2.24, 2.45) is 0 Å². The third-order valence-electron chi connectivity index (χ3n) is 5.45. The minimum absolute atomic E-state index is 0.230. The van der Waals surface area contributed by atoms with E-state index in [4.69, 9.17) is 4.74 Å². The minimum atomic E-state index is 0.230. The molecule has 1 amide bonds. The number of nitrogens with zero attached hydrogens (tertiary/aromatic N) is 2. The maximum Gasteiger partial charge on any atom is 0.224 e. The van der Waals surface area contributed by atoms with Crippen molar-refractivity contribution in [3.05, 3.63) is 53.6 Å². The van der Waals surface area contributed by atoms with E-state index in [1.165, 1.54) is 22.5 Å². The number of benzene rings is 2. The highest BCUT2D eigenvalue weighted by atomic mass is 16.5. The summed E-state index contributed by atoms with van der Waals surface area (Å²) in [5, 5.41) is 3.48. The van der Waals surface area contributed by atoms with Crippen LogP contribution in [0.1, 0.15) is 24.5 Å². The van der Waals surface area contributed by atoms with Crippen LogP contribution in [0.5, 0.6) is 5.75 Å². The van der Waals surface area contributed by atoms with E-state index in [9.17, 15) is 4.79 Å². The molecule has 0 unspecified atom stereocenters. The van der Waals surface area contributed by atoms with Gasteiger partial charge in [-0.3, -0.25) is 4.79 Å². The van der Waals surface area contributed by atoms with Crippen LogP contribution >= 0.6 is 0 Å². The van der Waals surface area contributed by atoms with Gasteiger partial charge in [-0.05, 0) is 48.7 Å². The van der Waals surface area contributed by atoms with Crippen LogP contribution in [0.2, 0.25) is 0 Å². The molecule has 0 radical (unpaired) electrons. The largest absolute Gasteiger partial charge is 0.497 e. The number of carbonyl (C=O) groups is 1. The number of nitrogens with one attached hydrogen (secondary N) is 1. The summed E-state index contributed by atoms with van der Waals surface area (Å²) in [6, 6.07) is 14.5. The first-order valence-electron chi connectivity index (χ1n) is 10.1. The van der Waals surface area contributed by atoms with E-state index in [0.29, 0.717) is 13.0 Å². The lowest BCUT2D eigenvalue weighted by Crippen LogP contribution is -2.49. The fourth-order valence-electron chi connectivity index (χ4n) is 3.74. The molecule has 1 fully saturated rings. The fourth-order valence-corrected chi connectivity index (χ4v) is 3.74. The van der Waals surface area contributed by atoms with Gasteiger partial charge in [0.15, 0.2) is 0 Å². The van der Waals surface area contributed by atoms with Crippen LogP contribution in [0.25, 0.3) is 0 Å². The second kappa shape index (κ2) is 9.49. The highest BCUT2D eigenvalue weighted by Crippen LogP contribution is 2.22. The lowest BCUT2D eigenvalue weighted by Gasteiger charge is -2.36. The molecule has 0 spiro atoms. The van der Waals surface area contributed by atoms with E-state index in [1.807, 2.05) is 17.0 Å². The summed E-state index contributed by atoms with van der Waals surface area (Å²) in [5.41, 5.74) is 4.91. The van der Waals surface area contributed by atoms with E-state index in [1.54, 1.807) is 7.11 Å². The zero-order chi connectivity index (χ0) is 19.9. The smallest absolute Gasteiger partial charge is 0.224 e. The predicted molar refractivity (Wildman–Crippen MR) is 115 cm³/mol. The van der Waals surface area contributed by atoms with Gasteiger partial charge in [0.25, 0.3) is 0 Å². The van der Waals surface area contributed by atoms with Crippen molar-refractivity contribution in [3.8, 4) is 5.75 Å². The fraction of sp³-hybridized carbons (Fsp3) is 0.435. The normalized spacial score (nSPS) is 14.1. The van der Waals surface area contributed by atoms with Gasteiger partial charge < -0.3 is 19.9 Å². The SMILES string of the molecule is CCc1cccc(C)c1NCCC(=O)N1CCN(c2ccc(OC)cc2)CC1. The summed E-state index contributed by atoms with van der Waals surface area (Å²) in [7, 11) is 1.68. The average Bonchev–Trinajstić information content (AvgIpc) is 2.75. The molecule has 1 N–H and O–H groups in total. The van der Waals surface area contributed by atoms with E-state index >= 15 is 0 Å². The van der Waals surface area contributed by atoms with E-state index in [2.05, 4.69) is 54.4 Å². The Kier molecular flexibility index (Phi) is 6.80. The summed E-state index contributed by atoms with van der Waals surface area (Å²) in [6.07, 6.45) is 1.52. The van der Waals surface area contributed by atoms with Crippen LogP contribution < -0.4 is 15.0 Å². The Balaban J connectivity index is 1.46. The Labute approximate surface area is 168 Å². The minimum Gasteiger partial charge on any atom is -0.497 e. The van der Waals surface area contributed by atoms with Gasteiger partial charge in [0.1, 0.15) is 5.75 Å². The van der Waals surface area contributed by atoms with Crippen molar-refractivity contribution < 1.29 is 9.53 Å². The Morgan fingerprint density at radius 2 is 1.79 bits per heavy atom. The molecular weight excluding hydrogens is 350 g/mol. The average molecular weight is 382 g/mol. The van der Waals surface area contributed by atoms with E-state index < -0.39 is 0 Å². The van der Waals surface area contributed by atoms with Crippen LogP contribution in [0.4, 0.5) is 11.4 Å². The maximum atomic E-state index is 12.6. The molecule has 1 heterocycles. The number of carbonyl (C=O) groups excluding carboxylic acids is 1. The summed E-state index contributed by atoms with van der Waals surface area (Å²) in [6.45, 7) is 8.22. The Morgan fingerprint density at radius 1 is 1.07 bits per heavy atom. The molecule has 2 aromatic rings. The Bertz CT molecular complexity index is 781. The number of piperazine rings is 1. The molecule has 0 aliphatic carbocycles. The van der Waals surface area contributed by atoms with Gasteiger partial charge in [0.05, 0.1) is 7.11 Å². The number of hydrogen-bond acceptors (Lipinski definition) is 4. The molecule has 1 aliphatic heterocycles. The first-order valence-corrected chi connectivity index (χ1v) is 10.1. The van der Waals surface area contributed by atoms with Crippen molar-refractivity contribution >= 4 is 17.3 Å². The summed E-state index contributed by atoms with van der Waals surface area (Å²) < 4.78 is 5.22. The summed E-state index contributed by atoms with van der Waals surface area (Å²) in [5.74, 6) is 1.10. The molecule has 0 bridgehead atoms. The number of anilines is 2. The van der Waals surface area contributed by atoms with Crippen LogP contribution in [0, 0.1) is 6.92 Å². The molecule has 2 aromatic carbocycles. The monoisotopic (exact) mass is 381 g/mol.